The highest BCUT2D eigenvalue weighted by Crippen LogP contribution is 2.44. The fraction of sp³-hybridized carbons (Fsp3) is 0.773. The molecule has 2 fully saturated rings. The SMILES string of the molecule is CCCCNC(=S)CCC(=O)NC[C@H]1[C@@H](C/C=C\CCCC(=O)O)[C@H]2CC[C@@H]1O2. The maximum atomic E-state index is 12.2. The van der Waals surface area contributed by atoms with Gasteiger partial charge in [-0.1, -0.05) is 37.7 Å². The normalized spacial score (nSPS) is 25.4. The first-order chi connectivity index (χ1) is 14.0. The van der Waals surface area contributed by atoms with E-state index in [1.165, 1.54) is 0 Å². The lowest BCUT2D eigenvalue weighted by Gasteiger charge is -2.27. The van der Waals surface area contributed by atoms with E-state index in [1.54, 1.807) is 0 Å². The largest absolute Gasteiger partial charge is 0.481 e. The van der Waals surface area contributed by atoms with Gasteiger partial charge in [0.05, 0.1) is 17.2 Å². The fourth-order valence-corrected chi connectivity index (χ4v) is 4.47. The second kappa shape index (κ2) is 13.0. The zero-order valence-corrected chi connectivity index (χ0v) is 18.3. The highest BCUT2D eigenvalue weighted by Gasteiger charge is 2.47. The number of carbonyl (C=O) groups excluding carboxylic acids is 1. The van der Waals surface area contributed by atoms with E-state index in [4.69, 9.17) is 22.1 Å². The molecular formula is C22H36N2O4S. The molecule has 4 atom stereocenters. The number of ether oxygens (including phenoxy) is 1. The molecule has 0 aromatic carbocycles. The van der Waals surface area contributed by atoms with Gasteiger partial charge in [0.2, 0.25) is 5.91 Å². The molecule has 0 aromatic heterocycles. The number of aliphatic carboxylic acids is 1. The van der Waals surface area contributed by atoms with Crippen LogP contribution in [-0.2, 0) is 14.3 Å². The van der Waals surface area contributed by atoms with Crippen LogP contribution in [0.2, 0.25) is 0 Å². The molecule has 0 saturated carbocycles. The highest BCUT2D eigenvalue weighted by atomic mass is 32.1. The van der Waals surface area contributed by atoms with Crippen molar-refractivity contribution in [2.75, 3.05) is 13.1 Å². The molecule has 2 bridgehead atoms. The lowest BCUT2D eigenvalue weighted by molar-refractivity contribution is -0.137. The minimum atomic E-state index is -0.742. The summed E-state index contributed by atoms with van der Waals surface area (Å²) >= 11 is 5.28. The number of thiocarbonyl (C=S) groups is 1. The number of rotatable bonds is 14. The van der Waals surface area contributed by atoms with Crippen LogP contribution in [0.5, 0.6) is 0 Å². The standard InChI is InChI=1S/C22H36N2O4S/c1-2-3-14-23-21(29)13-12-20(25)24-15-17-16(18-10-11-19(17)28-18)8-6-4-5-7-9-22(26)27/h4,6,16-19H,2-3,5,7-15H2,1H3,(H,23,29)(H,24,25)(H,26,27)/b6-4-/t16-,17+,18-,19+/m1/s1. The lowest BCUT2D eigenvalue weighted by Crippen LogP contribution is -2.38. The average Bonchev–Trinajstić information content (AvgIpc) is 3.29. The third-order valence-corrected chi connectivity index (χ3v) is 6.24. The fourth-order valence-electron chi connectivity index (χ4n) is 4.26. The third-order valence-electron chi connectivity index (χ3n) is 5.89. The van der Waals surface area contributed by atoms with E-state index in [1.807, 2.05) is 0 Å². The summed E-state index contributed by atoms with van der Waals surface area (Å²) in [4.78, 5) is 23.6. The maximum Gasteiger partial charge on any atom is 0.303 e. The summed E-state index contributed by atoms with van der Waals surface area (Å²) in [6.45, 7) is 3.68. The Hall–Kier alpha value is -1.47. The van der Waals surface area contributed by atoms with E-state index in [0.29, 0.717) is 43.7 Å². The molecular weight excluding hydrogens is 388 g/mol. The Morgan fingerprint density at radius 1 is 1.07 bits per heavy atom. The van der Waals surface area contributed by atoms with Gasteiger partial charge in [-0.3, -0.25) is 9.59 Å². The first-order valence-electron chi connectivity index (χ1n) is 11.1. The van der Waals surface area contributed by atoms with Crippen molar-refractivity contribution in [2.24, 2.45) is 11.8 Å². The number of hydrogen-bond acceptors (Lipinski definition) is 4. The Morgan fingerprint density at radius 3 is 2.55 bits per heavy atom. The molecule has 0 aliphatic carbocycles. The maximum absolute atomic E-state index is 12.2. The van der Waals surface area contributed by atoms with Gasteiger partial charge in [-0.2, -0.15) is 0 Å². The topological polar surface area (TPSA) is 87.7 Å². The van der Waals surface area contributed by atoms with Gasteiger partial charge in [-0.05, 0) is 44.4 Å². The van der Waals surface area contributed by atoms with Crippen molar-refractivity contribution in [1.82, 2.24) is 10.6 Å². The molecule has 164 valence electrons. The van der Waals surface area contributed by atoms with Crippen molar-refractivity contribution in [3.63, 3.8) is 0 Å². The molecule has 2 heterocycles. The molecule has 29 heavy (non-hydrogen) atoms. The van der Waals surface area contributed by atoms with E-state index in [-0.39, 0.29) is 18.4 Å². The zero-order chi connectivity index (χ0) is 21.1. The summed E-state index contributed by atoms with van der Waals surface area (Å²) in [7, 11) is 0. The number of allylic oxidation sites excluding steroid dienone is 2. The molecule has 2 aliphatic heterocycles. The number of hydrogen-bond donors (Lipinski definition) is 3. The van der Waals surface area contributed by atoms with Crippen LogP contribution in [0.4, 0.5) is 0 Å². The number of fused-ring (bicyclic) bond motifs is 2. The van der Waals surface area contributed by atoms with E-state index < -0.39 is 5.97 Å². The molecule has 6 nitrogen and oxygen atoms in total. The molecule has 1 amide bonds. The van der Waals surface area contributed by atoms with Crippen molar-refractivity contribution < 1.29 is 19.4 Å². The van der Waals surface area contributed by atoms with Gasteiger partial charge in [0, 0.05) is 38.3 Å². The Balaban J connectivity index is 1.68. The molecule has 0 unspecified atom stereocenters. The number of carboxylic acid groups (broad SMARTS) is 1. The van der Waals surface area contributed by atoms with Crippen LogP contribution >= 0.6 is 12.2 Å². The summed E-state index contributed by atoms with van der Waals surface area (Å²) in [6.07, 6.45) is 12.8. The molecule has 2 aliphatic rings. The highest BCUT2D eigenvalue weighted by molar-refractivity contribution is 7.80. The molecule has 2 saturated heterocycles. The third kappa shape index (κ3) is 8.42. The number of nitrogens with one attached hydrogen (secondary N) is 2. The summed E-state index contributed by atoms with van der Waals surface area (Å²) in [5.41, 5.74) is 0. The van der Waals surface area contributed by atoms with Crippen LogP contribution in [0.1, 0.15) is 71.1 Å². The number of unbranched alkanes of at least 4 members (excludes halogenated alkanes) is 2. The molecule has 0 radical (unpaired) electrons. The monoisotopic (exact) mass is 424 g/mol. The van der Waals surface area contributed by atoms with Crippen molar-refractivity contribution in [2.45, 2.75) is 83.3 Å². The second-order valence-electron chi connectivity index (χ2n) is 8.12. The van der Waals surface area contributed by atoms with Crippen molar-refractivity contribution >= 4 is 29.1 Å². The number of carbonyl (C=O) groups is 2. The second-order valence-corrected chi connectivity index (χ2v) is 8.61. The predicted molar refractivity (Wildman–Crippen MR) is 118 cm³/mol. The molecule has 0 aromatic rings. The van der Waals surface area contributed by atoms with Gasteiger partial charge in [0.1, 0.15) is 0 Å². The van der Waals surface area contributed by atoms with Crippen LogP contribution in [0.25, 0.3) is 0 Å². The van der Waals surface area contributed by atoms with E-state index in [2.05, 4.69) is 29.7 Å². The van der Waals surface area contributed by atoms with E-state index in [0.717, 1.165) is 50.1 Å². The van der Waals surface area contributed by atoms with Gasteiger partial charge in [0.15, 0.2) is 0 Å². The summed E-state index contributed by atoms with van der Waals surface area (Å²) < 4.78 is 6.10. The predicted octanol–water partition coefficient (Wildman–Crippen LogP) is 3.59. The Kier molecular flexibility index (Phi) is 10.6. The van der Waals surface area contributed by atoms with Gasteiger partial charge in [0.25, 0.3) is 0 Å². The Labute approximate surface area is 179 Å². The summed E-state index contributed by atoms with van der Waals surface area (Å²) in [6, 6.07) is 0. The number of carboxylic acids is 1. The Morgan fingerprint density at radius 2 is 1.83 bits per heavy atom. The quantitative estimate of drug-likeness (QED) is 0.224. The molecule has 3 N–H and O–H groups in total. The van der Waals surface area contributed by atoms with Crippen LogP contribution in [-0.4, -0.2) is 47.3 Å². The van der Waals surface area contributed by atoms with Gasteiger partial charge < -0.3 is 20.5 Å². The molecule has 0 spiro atoms. The van der Waals surface area contributed by atoms with Crippen LogP contribution in [0.3, 0.4) is 0 Å². The smallest absolute Gasteiger partial charge is 0.303 e. The summed E-state index contributed by atoms with van der Waals surface area (Å²) in [5.74, 6) is 0.0983. The van der Waals surface area contributed by atoms with Gasteiger partial charge in [-0.15, -0.1) is 0 Å². The minimum Gasteiger partial charge on any atom is -0.481 e. The average molecular weight is 425 g/mol. The molecule has 7 heteroatoms. The first kappa shape index (κ1) is 23.8. The van der Waals surface area contributed by atoms with E-state index in [9.17, 15) is 9.59 Å². The van der Waals surface area contributed by atoms with Crippen LogP contribution in [0.15, 0.2) is 12.2 Å². The van der Waals surface area contributed by atoms with Crippen molar-refractivity contribution in [3.8, 4) is 0 Å². The van der Waals surface area contributed by atoms with Crippen LogP contribution < -0.4 is 10.6 Å². The van der Waals surface area contributed by atoms with Crippen molar-refractivity contribution in [3.05, 3.63) is 12.2 Å². The number of amides is 1. The van der Waals surface area contributed by atoms with Gasteiger partial charge >= 0.3 is 5.97 Å². The van der Waals surface area contributed by atoms with Crippen molar-refractivity contribution in [1.29, 1.82) is 0 Å². The molecule has 2 rings (SSSR count). The zero-order valence-electron chi connectivity index (χ0n) is 17.5. The lowest BCUT2D eigenvalue weighted by atomic mass is 9.77. The van der Waals surface area contributed by atoms with Gasteiger partial charge in [-0.25, -0.2) is 0 Å². The summed E-state index contributed by atoms with van der Waals surface area (Å²) in [5, 5.41) is 15.0. The minimum absolute atomic E-state index is 0.0513. The van der Waals surface area contributed by atoms with E-state index >= 15 is 0 Å². The Bertz CT molecular complexity index is 581. The first-order valence-corrected chi connectivity index (χ1v) is 11.5. The van der Waals surface area contributed by atoms with Crippen LogP contribution in [0, 0.1) is 11.8 Å².